The van der Waals surface area contributed by atoms with Crippen LogP contribution in [0.2, 0.25) is 0 Å². The summed E-state index contributed by atoms with van der Waals surface area (Å²) in [6.45, 7) is 0. The summed E-state index contributed by atoms with van der Waals surface area (Å²) in [7, 11) is 3.15. The fraction of sp³-hybridized carbons (Fsp3) is 0.269. The maximum Gasteiger partial charge on any atom is 0.325 e. The second-order valence-electron chi connectivity index (χ2n) is 8.32. The third-order valence-electron chi connectivity index (χ3n) is 6.30. The maximum absolute atomic E-state index is 13.6. The number of ether oxygens (including phenoxy) is 1. The molecule has 1 aliphatic heterocycles. The third kappa shape index (κ3) is 4.54. The van der Waals surface area contributed by atoms with Gasteiger partial charge in [0.25, 0.3) is 0 Å². The number of carbonyl (C=O) groups is 1. The van der Waals surface area contributed by atoms with Crippen molar-refractivity contribution in [3.8, 4) is 11.5 Å². The number of halogens is 2. The first-order valence-corrected chi connectivity index (χ1v) is 10.9. The number of aromatic hydroxyl groups is 1. The second kappa shape index (κ2) is 9.69. The molecule has 34 heavy (non-hydrogen) atoms. The van der Waals surface area contributed by atoms with Gasteiger partial charge in [0.05, 0.1) is 25.3 Å². The molecular weight excluding hydrogens is 442 g/mol. The molecule has 2 N–H and O–H groups in total. The number of aliphatic hydroxyl groups excluding tert-OH is 1. The van der Waals surface area contributed by atoms with Gasteiger partial charge in [0.2, 0.25) is 0 Å². The number of nitrogens with zero attached hydrogens (tertiary/aromatic N) is 2. The molecule has 0 bridgehead atoms. The number of phenols is 1. The zero-order valence-corrected chi connectivity index (χ0v) is 18.9. The van der Waals surface area contributed by atoms with Crippen LogP contribution in [0.25, 0.3) is 0 Å². The average Bonchev–Trinajstić information content (AvgIpc) is 3.08. The van der Waals surface area contributed by atoms with Crippen molar-refractivity contribution < 1.29 is 28.5 Å². The van der Waals surface area contributed by atoms with Gasteiger partial charge in [-0.15, -0.1) is 0 Å². The molecule has 1 aliphatic rings. The highest BCUT2D eigenvalue weighted by atomic mass is 19.1. The zero-order valence-electron chi connectivity index (χ0n) is 18.9. The molecule has 0 aliphatic carbocycles. The molecule has 0 aromatic heterocycles. The molecule has 0 spiro atoms. The van der Waals surface area contributed by atoms with Gasteiger partial charge in [0.1, 0.15) is 23.1 Å². The monoisotopic (exact) mass is 468 g/mol. The Hall–Kier alpha value is -3.65. The molecule has 4 rings (SSSR count). The van der Waals surface area contributed by atoms with E-state index in [9.17, 15) is 23.8 Å². The minimum Gasteiger partial charge on any atom is -0.507 e. The van der Waals surface area contributed by atoms with Gasteiger partial charge >= 0.3 is 6.03 Å². The van der Waals surface area contributed by atoms with Gasteiger partial charge in [0.15, 0.2) is 0 Å². The van der Waals surface area contributed by atoms with E-state index < -0.39 is 24.0 Å². The molecular formula is C26H26F2N2O4. The van der Waals surface area contributed by atoms with Crippen molar-refractivity contribution in [1.29, 1.82) is 0 Å². The van der Waals surface area contributed by atoms with Crippen LogP contribution in [0.5, 0.6) is 11.5 Å². The Labute approximate surface area is 196 Å². The van der Waals surface area contributed by atoms with Crippen LogP contribution in [-0.2, 0) is 0 Å². The number of aliphatic hydroxyl groups is 1. The summed E-state index contributed by atoms with van der Waals surface area (Å²) in [5.41, 5.74) is 1.57. The smallest absolute Gasteiger partial charge is 0.325 e. The molecule has 6 nitrogen and oxygen atoms in total. The van der Waals surface area contributed by atoms with E-state index in [-0.39, 0.29) is 17.6 Å². The summed E-state index contributed by atoms with van der Waals surface area (Å²) >= 11 is 0. The standard InChI is InChI=1S/C26H26F2N2O4/c1-29-22(13-14-23(31)16-3-5-17(27)6-4-16)25(21-12-11-20(34-2)15-24(21)32)30(26(29)33)19-9-7-18(28)8-10-19/h3-12,15,22-23,25,31-32H,13-14H2,1-2H3/t22-,23+,25-/m1/s1. The van der Waals surface area contributed by atoms with Crippen molar-refractivity contribution in [2.75, 3.05) is 19.1 Å². The molecule has 1 fully saturated rings. The summed E-state index contributed by atoms with van der Waals surface area (Å²) in [6.07, 6.45) is -0.151. The van der Waals surface area contributed by atoms with E-state index in [0.717, 1.165) is 0 Å². The highest BCUT2D eigenvalue weighted by Gasteiger charge is 2.46. The fourth-order valence-electron chi connectivity index (χ4n) is 4.47. The number of carbonyl (C=O) groups excluding carboxylic acids is 1. The fourth-order valence-corrected chi connectivity index (χ4v) is 4.47. The minimum absolute atomic E-state index is 0.0383. The lowest BCUT2D eigenvalue weighted by molar-refractivity contribution is 0.148. The van der Waals surface area contributed by atoms with Crippen LogP contribution >= 0.6 is 0 Å². The predicted octanol–water partition coefficient (Wildman–Crippen LogP) is 5.17. The molecule has 3 aromatic carbocycles. The Morgan fingerprint density at radius 3 is 2.21 bits per heavy atom. The second-order valence-corrected chi connectivity index (χ2v) is 8.32. The number of methoxy groups -OCH3 is 1. The molecule has 0 unspecified atom stereocenters. The van der Waals surface area contributed by atoms with Crippen LogP contribution in [0.4, 0.5) is 19.3 Å². The first kappa shape index (κ1) is 23.5. The SMILES string of the molecule is COc1ccc([C@@H]2[C@@H](CC[C@H](O)c3ccc(F)cc3)N(C)C(=O)N2c2ccc(F)cc2)c(O)c1. The van der Waals surface area contributed by atoms with Crippen molar-refractivity contribution in [3.63, 3.8) is 0 Å². The minimum atomic E-state index is -0.853. The van der Waals surface area contributed by atoms with E-state index >= 15 is 0 Å². The summed E-state index contributed by atoms with van der Waals surface area (Å²) in [5, 5.41) is 21.5. The van der Waals surface area contributed by atoms with Crippen LogP contribution < -0.4 is 9.64 Å². The van der Waals surface area contributed by atoms with Gasteiger partial charge < -0.3 is 19.8 Å². The van der Waals surface area contributed by atoms with Crippen molar-refractivity contribution in [1.82, 2.24) is 4.90 Å². The number of urea groups is 1. The van der Waals surface area contributed by atoms with Gasteiger partial charge in [-0.1, -0.05) is 12.1 Å². The predicted molar refractivity (Wildman–Crippen MR) is 124 cm³/mol. The van der Waals surface area contributed by atoms with Gasteiger partial charge in [-0.05, 0) is 66.9 Å². The van der Waals surface area contributed by atoms with Crippen LogP contribution in [0.3, 0.4) is 0 Å². The molecule has 0 saturated carbocycles. The van der Waals surface area contributed by atoms with Gasteiger partial charge in [-0.3, -0.25) is 4.90 Å². The van der Waals surface area contributed by atoms with Gasteiger partial charge in [-0.25, -0.2) is 13.6 Å². The van der Waals surface area contributed by atoms with Crippen LogP contribution in [0.1, 0.15) is 36.1 Å². The van der Waals surface area contributed by atoms with E-state index in [4.69, 9.17) is 4.74 Å². The Bertz CT molecular complexity index is 1150. The molecule has 2 amide bonds. The Balaban J connectivity index is 1.68. The highest BCUT2D eigenvalue weighted by Crippen LogP contribution is 2.44. The van der Waals surface area contributed by atoms with Gasteiger partial charge in [0, 0.05) is 24.4 Å². The van der Waals surface area contributed by atoms with Crippen LogP contribution in [0, 0.1) is 11.6 Å². The number of anilines is 1. The lowest BCUT2D eigenvalue weighted by Gasteiger charge is -2.29. The zero-order chi connectivity index (χ0) is 24.4. The summed E-state index contributed by atoms with van der Waals surface area (Å²) in [4.78, 5) is 16.4. The first-order valence-electron chi connectivity index (χ1n) is 10.9. The maximum atomic E-state index is 13.6. The summed E-state index contributed by atoms with van der Waals surface area (Å²) in [5.74, 6) is -0.382. The van der Waals surface area contributed by atoms with Crippen molar-refractivity contribution in [2.24, 2.45) is 0 Å². The first-order chi connectivity index (χ1) is 16.3. The molecule has 1 saturated heterocycles. The van der Waals surface area contributed by atoms with E-state index in [1.807, 2.05) is 0 Å². The number of phenolic OH excluding ortho intramolecular Hbond substituents is 1. The Morgan fingerprint density at radius 2 is 1.62 bits per heavy atom. The largest absolute Gasteiger partial charge is 0.507 e. The number of rotatable bonds is 7. The molecule has 0 radical (unpaired) electrons. The lowest BCUT2D eigenvalue weighted by Crippen LogP contribution is -2.31. The molecule has 1 heterocycles. The summed E-state index contributed by atoms with van der Waals surface area (Å²) in [6, 6.07) is 14.8. The third-order valence-corrected chi connectivity index (χ3v) is 6.30. The Morgan fingerprint density at radius 1 is 1.00 bits per heavy atom. The number of hydrogen-bond donors (Lipinski definition) is 2. The van der Waals surface area contributed by atoms with Crippen molar-refractivity contribution >= 4 is 11.7 Å². The number of hydrogen-bond acceptors (Lipinski definition) is 4. The molecule has 3 atom stereocenters. The average molecular weight is 469 g/mol. The topological polar surface area (TPSA) is 73.2 Å². The van der Waals surface area contributed by atoms with Crippen molar-refractivity contribution in [2.45, 2.75) is 31.0 Å². The van der Waals surface area contributed by atoms with E-state index in [0.29, 0.717) is 35.4 Å². The van der Waals surface area contributed by atoms with E-state index in [2.05, 4.69) is 0 Å². The number of amides is 2. The summed E-state index contributed by atoms with van der Waals surface area (Å²) < 4.78 is 32.0. The number of likely N-dealkylation sites (N-methyl/N-ethyl adjacent to an activating group) is 1. The quantitative estimate of drug-likeness (QED) is 0.502. The molecule has 178 valence electrons. The highest BCUT2D eigenvalue weighted by molar-refractivity contribution is 5.96. The van der Waals surface area contributed by atoms with E-state index in [1.54, 1.807) is 24.1 Å². The normalized spacial score (nSPS) is 18.9. The number of benzene rings is 3. The van der Waals surface area contributed by atoms with Crippen LogP contribution in [0.15, 0.2) is 66.7 Å². The van der Waals surface area contributed by atoms with Crippen molar-refractivity contribution in [3.05, 3.63) is 89.5 Å². The Kier molecular flexibility index (Phi) is 6.70. The molecule has 3 aromatic rings. The van der Waals surface area contributed by atoms with Crippen LogP contribution in [-0.4, -0.2) is 41.3 Å². The lowest BCUT2D eigenvalue weighted by atomic mass is 9.92. The van der Waals surface area contributed by atoms with Gasteiger partial charge in [-0.2, -0.15) is 0 Å². The van der Waals surface area contributed by atoms with E-state index in [1.165, 1.54) is 66.6 Å². The molecule has 8 heteroatoms.